The van der Waals surface area contributed by atoms with Crippen molar-refractivity contribution in [3.8, 4) is 0 Å². The van der Waals surface area contributed by atoms with Gasteiger partial charge in [0.1, 0.15) is 24.4 Å². The highest BCUT2D eigenvalue weighted by atomic mass is 16.5. The fraction of sp³-hybridized carbons (Fsp3) is 0.720. The molecule has 4 aliphatic carbocycles. The van der Waals surface area contributed by atoms with Gasteiger partial charge >= 0.3 is 5.97 Å². The second-order valence-corrected chi connectivity index (χ2v) is 11.2. The van der Waals surface area contributed by atoms with E-state index in [4.69, 9.17) is 10.5 Å². The van der Waals surface area contributed by atoms with Gasteiger partial charge in [-0.25, -0.2) is 4.79 Å². The van der Waals surface area contributed by atoms with Gasteiger partial charge in [0.05, 0.1) is 11.5 Å². The number of aliphatic hydroxyl groups excluding tert-OH is 3. The van der Waals surface area contributed by atoms with Crippen LogP contribution in [0.1, 0.15) is 48.0 Å². The number of fused-ring (bicyclic) bond motifs is 3. The molecular formula is C25H37NO6. The van der Waals surface area contributed by atoms with E-state index in [1.165, 1.54) is 0 Å². The molecule has 2 fully saturated rings. The zero-order valence-corrected chi connectivity index (χ0v) is 19.8. The van der Waals surface area contributed by atoms with Crippen molar-refractivity contribution in [2.24, 2.45) is 34.3 Å². The number of esters is 1. The largest absolute Gasteiger partial charge is 0.458 e. The summed E-state index contributed by atoms with van der Waals surface area (Å²) in [5, 5.41) is 46.1. The van der Waals surface area contributed by atoms with Crippen molar-refractivity contribution >= 4 is 5.97 Å². The zero-order valence-electron chi connectivity index (χ0n) is 19.8. The van der Waals surface area contributed by atoms with E-state index < -0.39 is 47.3 Å². The Morgan fingerprint density at radius 1 is 1.19 bits per heavy atom. The summed E-state index contributed by atoms with van der Waals surface area (Å²) in [6.07, 6.45) is -0.0492. The zero-order chi connectivity index (χ0) is 24.0. The molecule has 6 N–H and O–H groups in total. The lowest BCUT2D eigenvalue weighted by Crippen LogP contribution is -2.69. The van der Waals surface area contributed by atoms with Crippen LogP contribution in [0.15, 0.2) is 34.4 Å². The molecule has 0 heterocycles. The van der Waals surface area contributed by atoms with E-state index >= 15 is 0 Å². The Bertz CT molecular complexity index is 931. The second-order valence-electron chi connectivity index (χ2n) is 11.2. The first kappa shape index (κ1) is 23.6. The SMILES string of the molecule is CC1=C[C@]23C(O)[C@@H](C=C(COC(=O)C(C)=C(C)C)[C@@H](O)[C@]2(O)[C@H]1O)[C@H]1C(C[C@H]3N)C1(C)C. The minimum absolute atomic E-state index is 0.0504. The summed E-state index contributed by atoms with van der Waals surface area (Å²) in [6.45, 7) is 11.0. The Kier molecular flexibility index (Phi) is 5.35. The van der Waals surface area contributed by atoms with E-state index in [9.17, 15) is 25.2 Å². The minimum atomic E-state index is -2.13. The summed E-state index contributed by atoms with van der Waals surface area (Å²) < 4.78 is 5.48. The van der Waals surface area contributed by atoms with Gasteiger partial charge in [-0.1, -0.05) is 31.6 Å². The van der Waals surface area contributed by atoms with Gasteiger partial charge in [0.2, 0.25) is 0 Å². The number of nitrogens with two attached hydrogens (primary N) is 1. The molecule has 178 valence electrons. The van der Waals surface area contributed by atoms with Crippen molar-refractivity contribution in [3.05, 3.63) is 34.4 Å². The number of hydrogen-bond acceptors (Lipinski definition) is 7. The number of ether oxygens (including phenoxy) is 1. The summed E-state index contributed by atoms with van der Waals surface area (Å²) in [7, 11) is 0. The average Bonchev–Trinajstić information content (AvgIpc) is 3.22. The Morgan fingerprint density at radius 2 is 1.81 bits per heavy atom. The van der Waals surface area contributed by atoms with Gasteiger partial charge in [-0.15, -0.1) is 0 Å². The molecule has 4 rings (SSSR count). The molecule has 4 aliphatic rings. The molecule has 7 heteroatoms. The maximum absolute atomic E-state index is 12.4. The van der Waals surface area contributed by atoms with Crippen LogP contribution >= 0.6 is 0 Å². The number of hydrogen-bond donors (Lipinski definition) is 5. The molecule has 2 saturated carbocycles. The van der Waals surface area contributed by atoms with Crippen LogP contribution in [0, 0.1) is 28.6 Å². The highest BCUT2D eigenvalue weighted by Crippen LogP contribution is 2.71. The van der Waals surface area contributed by atoms with Crippen molar-refractivity contribution in [1.82, 2.24) is 0 Å². The topological polar surface area (TPSA) is 133 Å². The average molecular weight is 448 g/mol. The second kappa shape index (κ2) is 7.24. The van der Waals surface area contributed by atoms with Crippen molar-refractivity contribution < 1.29 is 30.0 Å². The minimum Gasteiger partial charge on any atom is -0.458 e. The first-order chi connectivity index (χ1) is 14.7. The van der Waals surface area contributed by atoms with Crippen LogP contribution in [-0.4, -0.2) is 63.0 Å². The van der Waals surface area contributed by atoms with Gasteiger partial charge in [0.25, 0.3) is 0 Å². The van der Waals surface area contributed by atoms with Crippen molar-refractivity contribution in [3.63, 3.8) is 0 Å². The van der Waals surface area contributed by atoms with E-state index in [1.807, 2.05) is 13.8 Å². The highest BCUT2D eigenvalue weighted by Gasteiger charge is 2.75. The monoisotopic (exact) mass is 447 g/mol. The standard InChI is InChI=1S/C25H37NO6/c1-11(2)13(4)22(30)32-10-14-7-15-18-16(23(18,5)6)8-17(26)24(21(15)29)9-12(3)19(27)25(24,31)20(14)28/h7,9,15-21,27-29,31H,8,10,26H2,1-6H3/t15-,16?,17+,18-,19-,20+,21?,24-,25+/m0/s1. The van der Waals surface area contributed by atoms with E-state index in [0.717, 1.165) is 5.57 Å². The maximum atomic E-state index is 12.4. The molecule has 32 heavy (non-hydrogen) atoms. The molecule has 0 aromatic rings. The van der Waals surface area contributed by atoms with E-state index in [-0.39, 0.29) is 29.4 Å². The van der Waals surface area contributed by atoms with E-state index in [1.54, 1.807) is 26.0 Å². The van der Waals surface area contributed by atoms with Gasteiger partial charge in [0, 0.05) is 17.5 Å². The molecule has 1 spiro atoms. The van der Waals surface area contributed by atoms with Crippen LogP contribution < -0.4 is 5.73 Å². The lowest BCUT2D eigenvalue weighted by molar-refractivity contribution is -0.206. The van der Waals surface area contributed by atoms with Gasteiger partial charge in [0.15, 0.2) is 0 Å². The molecule has 9 atom stereocenters. The molecular weight excluding hydrogens is 410 g/mol. The van der Waals surface area contributed by atoms with Crippen LogP contribution in [0.3, 0.4) is 0 Å². The van der Waals surface area contributed by atoms with Crippen LogP contribution in [0.5, 0.6) is 0 Å². The summed E-state index contributed by atoms with van der Waals surface area (Å²) >= 11 is 0. The lowest BCUT2D eigenvalue weighted by atomic mass is 9.60. The molecule has 0 aromatic heterocycles. The van der Waals surface area contributed by atoms with Crippen LogP contribution in [0.2, 0.25) is 0 Å². The Hall–Kier alpha value is -1.51. The van der Waals surface area contributed by atoms with Crippen LogP contribution in [0.4, 0.5) is 0 Å². The molecule has 0 radical (unpaired) electrons. The predicted octanol–water partition coefficient (Wildman–Crippen LogP) is 1.21. The van der Waals surface area contributed by atoms with Crippen molar-refractivity contribution in [1.29, 1.82) is 0 Å². The Morgan fingerprint density at radius 3 is 2.41 bits per heavy atom. The predicted molar refractivity (Wildman–Crippen MR) is 119 cm³/mol. The lowest BCUT2D eigenvalue weighted by Gasteiger charge is -2.51. The number of carbonyl (C=O) groups excluding carboxylic acids is 1. The first-order valence-electron chi connectivity index (χ1n) is 11.5. The molecule has 2 unspecified atom stereocenters. The first-order valence-corrected chi connectivity index (χ1v) is 11.5. The summed E-state index contributed by atoms with van der Waals surface area (Å²) in [5.74, 6) is -0.559. The molecule has 0 saturated heterocycles. The van der Waals surface area contributed by atoms with E-state index in [2.05, 4.69) is 13.8 Å². The van der Waals surface area contributed by atoms with Gasteiger partial charge < -0.3 is 30.9 Å². The van der Waals surface area contributed by atoms with Crippen LogP contribution in [-0.2, 0) is 9.53 Å². The normalized spacial score (nSPS) is 46.0. The Labute approximate surface area is 189 Å². The van der Waals surface area contributed by atoms with Crippen molar-refractivity contribution in [2.75, 3.05) is 6.61 Å². The molecule has 0 amide bonds. The van der Waals surface area contributed by atoms with E-state index in [0.29, 0.717) is 17.6 Å². The number of carbonyl (C=O) groups is 1. The third-order valence-electron chi connectivity index (χ3n) is 9.14. The maximum Gasteiger partial charge on any atom is 0.333 e. The number of rotatable bonds is 3. The quantitative estimate of drug-likeness (QED) is 0.249. The molecule has 2 bridgehead atoms. The molecule has 7 nitrogen and oxygen atoms in total. The van der Waals surface area contributed by atoms with Gasteiger partial charge in [-0.05, 0) is 62.5 Å². The fourth-order valence-corrected chi connectivity index (χ4v) is 6.88. The third kappa shape index (κ3) is 2.81. The number of allylic oxidation sites excluding steroid dienone is 1. The fourth-order valence-electron chi connectivity index (χ4n) is 6.88. The van der Waals surface area contributed by atoms with Gasteiger partial charge in [-0.3, -0.25) is 0 Å². The summed E-state index contributed by atoms with van der Waals surface area (Å²) in [6, 6.07) is -0.660. The summed E-state index contributed by atoms with van der Waals surface area (Å²) in [5.41, 5.74) is 5.13. The highest BCUT2D eigenvalue weighted by molar-refractivity contribution is 5.88. The Balaban J connectivity index is 1.81. The number of aliphatic hydroxyl groups is 4. The van der Waals surface area contributed by atoms with Gasteiger partial charge in [-0.2, -0.15) is 0 Å². The van der Waals surface area contributed by atoms with Crippen LogP contribution in [0.25, 0.3) is 0 Å². The third-order valence-corrected chi connectivity index (χ3v) is 9.14. The smallest absolute Gasteiger partial charge is 0.333 e. The van der Waals surface area contributed by atoms with Crippen molar-refractivity contribution in [2.45, 2.75) is 77.9 Å². The summed E-state index contributed by atoms with van der Waals surface area (Å²) in [4.78, 5) is 12.4. The molecule has 0 aliphatic heterocycles. The molecule has 0 aromatic carbocycles.